The van der Waals surface area contributed by atoms with E-state index in [9.17, 15) is 4.21 Å². The standard InChI is InChI=1S/C20H30BN5OS/c1-14-16(21)17-22-10-12-26(17)18(23-14)25-11-9-20(7-5-6-8-20)15(13-25)24-28(27)19(2,3)4/h10,12,15,24H,5-9,11,13H2,1-4H3/t15?,28-/m0/s1. The maximum atomic E-state index is 12.9. The van der Waals surface area contributed by atoms with E-state index in [4.69, 9.17) is 12.8 Å². The summed E-state index contributed by atoms with van der Waals surface area (Å²) in [5.41, 5.74) is 2.43. The molecule has 2 aromatic rings. The van der Waals surface area contributed by atoms with Crippen molar-refractivity contribution in [3.8, 4) is 0 Å². The van der Waals surface area contributed by atoms with Gasteiger partial charge in [-0.3, -0.25) is 4.40 Å². The van der Waals surface area contributed by atoms with Gasteiger partial charge in [0.25, 0.3) is 0 Å². The average Bonchev–Trinajstić information content (AvgIpc) is 3.30. The van der Waals surface area contributed by atoms with Gasteiger partial charge >= 0.3 is 0 Å². The second kappa shape index (κ2) is 7.13. The van der Waals surface area contributed by atoms with Crippen molar-refractivity contribution in [3.63, 3.8) is 0 Å². The highest BCUT2D eigenvalue weighted by atomic mass is 32.2. The summed E-state index contributed by atoms with van der Waals surface area (Å²) in [5.74, 6) is 0.875. The Morgan fingerprint density at radius 3 is 2.68 bits per heavy atom. The normalized spacial score (nSPS) is 23.6. The Balaban J connectivity index is 1.67. The molecule has 0 bridgehead atoms. The van der Waals surface area contributed by atoms with Gasteiger partial charge < -0.3 is 4.90 Å². The lowest BCUT2D eigenvalue weighted by atomic mass is 9.73. The molecule has 1 saturated carbocycles. The van der Waals surface area contributed by atoms with Crippen molar-refractivity contribution in [3.05, 3.63) is 18.1 Å². The lowest BCUT2D eigenvalue weighted by Crippen LogP contribution is -2.58. The number of fused-ring (bicyclic) bond motifs is 1. The second-order valence-electron chi connectivity index (χ2n) is 9.35. The molecule has 2 radical (unpaired) electrons. The summed E-state index contributed by atoms with van der Waals surface area (Å²) >= 11 is 0. The Kier molecular flexibility index (Phi) is 5.07. The lowest BCUT2D eigenvalue weighted by molar-refractivity contribution is 0.176. The van der Waals surface area contributed by atoms with Crippen molar-refractivity contribution in [2.24, 2.45) is 5.41 Å². The van der Waals surface area contributed by atoms with Crippen LogP contribution >= 0.6 is 0 Å². The minimum Gasteiger partial charge on any atom is -0.340 e. The summed E-state index contributed by atoms with van der Waals surface area (Å²) in [5, 5.41) is 0. The third-order valence-corrected chi connectivity index (χ3v) is 8.08. The number of nitrogens with zero attached hydrogens (tertiary/aromatic N) is 4. The summed E-state index contributed by atoms with van der Waals surface area (Å²) in [6.07, 6.45) is 9.75. The Morgan fingerprint density at radius 2 is 2.00 bits per heavy atom. The predicted molar refractivity (Wildman–Crippen MR) is 116 cm³/mol. The van der Waals surface area contributed by atoms with Gasteiger partial charge in [0.15, 0.2) is 0 Å². The quantitative estimate of drug-likeness (QED) is 0.803. The van der Waals surface area contributed by atoms with Gasteiger partial charge in [-0.15, -0.1) is 0 Å². The zero-order valence-corrected chi connectivity index (χ0v) is 18.2. The zero-order chi connectivity index (χ0) is 20.1. The molecule has 1 spiro atoms. The van der Waals surface area contributed by atoms with E-state index in [1.807, 2.05) is 38.3 Å². The van der Waals surface area contributed by atoms with Crippen LogP contribution in [0.5, 0.6) is 0 Å². The molecule has 28 heavy (non-hydrogen) atoms. The molecule has 6 nitrogen and oxygen atoms in total. The Bertz CT molecular complexity index is 900. The van der Waals surface area contributed by atoms with E-state index in [1.165, 1.54) is 25.7 Å². The maximum absolute atomic E-state index is 12.9. The fraction of sp³-hybridized carbons (Fsp3) is 0.700. The fourth-order valence-corrected chi connectivity index (χ4v) is 5.61. The molecule has 1 saturated heterocycles. The van der Waals surface area contributed by atoms with Crippen LogP contribution in [-0.2, 0) is 11.0 Å². The smallest absolute Gasteiger partial charge is 0.211 e. The van der Waals surface area contributed by atoms with Gasteiger partial charge in [0, 0.05) is 37.2 Å². The highest BCUT2D eigenvalue weighted by molar-refractivity contribution is 7.84. The largest absolute Gasteiger partial charge is 0.340 e. The first kappa shape index (κ1) is 19.9. The summed E-state index contributed by atoms with van der Waals surface area (Å²) in [6, 6.07) is 0.182. The van der Waals surface area contributed by atoms with Gasteiger partial charge in [-0.05, 0) is 57.8 Å². The minimum absolute atomic E-state index is 0.182. The number of piperidine rings is 1. The molecule has 1 unspecified atom stereocenters. The first-order chi connectivity index (χ1) is 13.2. The van der Waals surface area contributed by atoms with Gasteiger partial charge in [-0.1, -0.05) is 12.8 Å². The monoisotopic (exact) mass is 399 g/mol. The van der Waals surface area contributed by atoms with Gasteiger partial charge in [0.2, 0.25) is 5.95 Å². The number of imidazole rings is 1. The van der Waals surface area contributed by atoms with E-state index >= 15 is 0 Å². The lowest BCUT2D eigenvalue weighted by Gasteiger charge is -2.47. The van der Waals surface area contributed by atoms with Crippen LogP contribution < -0.4 is 15.1 Å². The van der Waals surface area contributed by atoms with Gasteiger partial charge in [-0.2, -0.15) is 0 Å². The highest BCUT2D eigenvalue weighted by Crippen LogP contribution is 2.47. The molecule has 2 aromatic heterocycles. The van der Waals surface area contributed by atoms with Crippen LogP contribution in [0.3, 0.4) is 0 Å². The number of anilines is 1. The summed E-state index contributed by atoms with van der Waals surface area (Å²) in [4.78, 5) is 11.5. The average molecular weight is 399 g/mol. The van der Waals surface area contributed by atoms with Crippen molar-refractivity contribution in [2.45, 2.75) is 70.6 Å². The van der Waals surface area contributed by atoms with Crippen LogP contribution in [0.4, 0.5) is 5.95 Å². The van der Waals surface area contributed by atoms with Crippen LogP contribution in [0.2, 0.25) is 0 Å². The molecule has 1 aliphatic carbocycles. The van der Waals surface area contributed by atoms with Crippen molar-refractivity contribution < 1.29 is 4.21 Å². The Morgan fingerprint density at radius 1 is 1.29 bits per heavy atom. The third-order valence-electron chi connectivity index (χ3n) is 6.46. The highest BCUT2D eigenvalue weighted by Gasteiger charge is 2.46. The van der Waals surface area contributed by atoms with Gasteiger partial charge in [-0.25, -0.2) is 18.9 Å². The van der Waals surface area contributed by atoms with E-state index in [0.717, 1.165) is 36.8 Å². The zero-order valence-electron chi connectivity index (χ0n) is 17.4. The van der Waals surface area contributed by atoms with E-state index in [0.29, 0.717) is 5.46 Å². The first-order valence-corrected chi connectivity index (χ1v) is 11.4. The van der Waals surface area contributed by atoms with Crippen molar-refractivity contribution in [1.29, 1.82) is 0 Å². The maximum Gasteiger partial charge on any atom is 0.211 e. The predicted octanol–water partition coefficient (Wildman–Crippen LogP) is 2.02. The third kappa shape index (κ3) is 3.39. The summed E-state index contributed by atoms with van der Waals surface area (Å²) < 4.78 is 18.1. The van der Waals surface area contributed by atoms with E-state index in [1.54, 1.807) is 6.20 Å². The van der Waals surface area contributed by atoms with Crippen molar-refractivity contribution in [2.75, 3.05) is 18.0 Å². The van der Waals surface area contributed by atoms with Crippen molar-refractivity contribution in [1.82, 2.24) is 19.1 Å². The van der Waals surface area contributed by atoms with Crippen LogP contribution in [-0.4, -0.2) is 50.3 Å². The van der Waals surface area contributed by atoms with Crippen LogP contribution in [0.1, 0.15) is 58.6 Å². The van der Waals surface area contributed by atoms with Gasteiger partial charge in [0.05, 0.1) is 15.7 Å². The first-order valence-electron chi connectivity index (χ1n) is 10.2. The van der Waals surface area contributed by atoms with Crippen LogP contribution in [0.25, 0.3) is 5.65 Å². The molecule has 4 rings (SSSR count). The molecule has 150 valence electrons. The second-order valence-corrected chi connectivity index (χ2v) is 11.3. The molecule has 0 aromatic carbocycles. The number of aryl methyl sites for hydroxylation is 1. The molecule has 2 atom stereocenters. The summed E-state index contributed by atoms with van der Waals surface area (Å²) in [7, 11) is 5.09. The number of hydrogen-bond donors (Lipinski definition) is 1. The molecule has 3 heterocycles. The molecule has 2 aliphatic rings. The van der Waals surface area contributed by atoms with E-state index in [-0.39, 0.29) is 16.2 Å². The topological polar surface area (TPSA) is 62.5 Å². The van der Waals surface area contributed by atoms with Gasteiger partial charge in [0.1, 0.15) is 13.5 Å². The fourth-order valence-electron chi connectivity index (χ4n) is 4.68. The molecule has 8 heteroatoms. The number of aromatic nitrogens is 3. The van der Waals surface area contributed by atoms with E-state index < -0.39 is 11.0 Å². The van der Waals surface area contributed by atoms with Crippen molar-refractivity contribution >= 4 is 35.9 Å². The number of hydrogen-bond acceptors (Lipinski definition) is 4. The Labute approximate surface area is 171 Å². The molecule has 1 aliphatic heterocycles. The molecular formula is C20H30BN5OS. The molecule has 1 N–H and O–H groups in total. The number of rotatable bonds is 3. The SMILES string of the molecule is [B]c1c(C)nc(N2CCC3(CCCC3)C(N[S@@](=O)C(C)(C)C)C2)n2ccnc12. The van der Waals surface area contributed by atoms with E-state index in [2.05, 4.69) is 14.6 Å². The number of nitrogens with one attached hydrogen (secondary N) is 1. The minimum atomic E-state index is -1.09. The molecule has 0 amide bonds. The summed E-state index contributed by atoms with van der Waals surface area (Å²) in [6.45, 7) is 9.75. The van der Waals surface area contributed by atoms with Crippen LogP contribution in [0, 0.1) is 12.3 Å². The molecule has 2 fully saturated rings. The molecular weight excluding hydrogens is 369 g/mol. The Hall–Kier alpha value is -1.41. The van der Waals surface area contributed by atoms with Crippen LogP contribution in [0.15, 0.2) is 12.4 Å².